The molecule has 0 saturated carbocycles. The molecule has 0 aliphatic carbocycles. The number of amides is 1. The molecule has 0 aromatic carbocycles. The molecule has 1 fully saturated rings. The van der Waals surface area contributed by atoms with E-state index in [0.717, 1.165) is 17.9 Å². The molecule has 0 aromatic rings. The highest BCUT2D eigenvalue weighted by atomic mass is 32.2. The van der Waals surface area contributed by atoms with Gasteiger partial charge in [-0.15, -0.1) is 0 Å². The largest absolute Gasteiger partial charge is 0.468 e. The lowest BCUT2D eigenvalue weighted by Crippen LogP contribution is -2.41. The zero-order valence-electron chi connectivity index (χ0n) is 19.9. The van der Waals surface area contributed by atoms with Gasteiger partial charge in [0.2, 0.25) is 20.0 Å². The van der Waals surface area contributed by atoms with Crippen LogP contribution in [0.25, 0.3) is 0 Å². The summed E-state index contributed by atoms with van der Waals surface area (Å²) in [5.74, 6) is -0.855. The number of sulfonamides is 2. The lowest BCUT2D eigenvalue weighted by molar-refractivity contribution is -0.139. The molecular formula is C20H35N3O8S2. The zero-order valence-corrected chi connectivity index (χ0v) is 21.5. The van der Waals surface area contributed by atoms with Gasteiger partial charge < -0.3 is 14.8 Å². The Labute approximate surface area is 196 Å². The van der Waals surface area contributed by atoms with Crippen molar-refractivity contribution in [2.45, 2.75) is 65.1 Å². The highest BCUT2D eigenvalue weighted by Gasteiger charge is 2.32. The molecule has 1 aliphatic rings. The standard InChI is InChI=1S/C20H35N3O8S2/c1-15(2)17(22-19(25)31-20(3,4)5)10-13-33(28,29)23-11-7-8-16(23)9-12-32(26,27)21-14-18(24)30-6/h9-10,12-13,15-17,21H,7-8,11,14H2,1-6H3,(H,22,25)/b12-9+,13-10+/t16-,17+/m0/s1. The van der Waals surface area contributed by atoms with E-state index in [1.165, 1.54) is 16.5 Å². The van der Waals surface area contributed by atoms with Crippen LogP contribution in [0.4, 0.5) is 4.79 Å². The van der Waals surface area contributed by atoms with Crippen molar-refractivity contribution in [3.8, 4) is 0 Å². The van der Waals surface area contributed by atoms with E-state index in [1.807, 2.05) is 13.8 Å². The van der Waals surface area contributed by atoms with Crippen molar-refractivity contribution in [3.63, 3.8) is 0 Å². The van der Waals surface area contributed by atoms with Crippen molar-refractivity contribution in [2.24, 2.45) is 5.92 Å². The first kappa shape index (κ1) is 29.1. The summed E-state index contributed by atoms with van der Waals surface area (Å²) in [5.41, 5.74) is -0.692. The Bertz CT molecular complexity index is 950. The maximum absolute atomic E-state index is 12.9. The molecule has 190 valence electrons. The molecule has 0 unspecified atom stereocenters. The molecule has 33 heavy (non-hydrogen) atoms. The first-order valence-electron chi connectivity index (χ1n) is 10.5. The molecule has 1 rings (SSSR count). The third-order valence-corrected chi connectivity index (χ3v) is 7.23. The van der Waals surface area contributed by atoms with E-state index in [0.29, 0.717) is 12.8 Å². The Morgan fingerprint density at radius 1 is 1.15 bits per heavy atom. The minimum absolute atomic E-state index is 0.107. The van der Waals surface area contributed by atoms with Crippen LogP contribution in [-0.2, 0) is 34.3 Å². The van der Waals surface area contributed by atoms with E-state index in [2.05, 4.69) is 14.8 Å². The number of alkyl carbamates (subject to hydrolysis) is 1. The number of nitrogens with zero attached hydrogens (tertiary/aromatic N) is 1. The van der Waals surface area contributed by atoms with Crippen LogP contribution in [-0.4, -0.2) is 71.1 Å². The second kappa shape index (κ2) is 12.0. The maximum Gasteiger partial charge on any atom is 0.408 e. The summed E-state index contributed by atoms with van der Waals surface area (Å²) in [6.45, 7) is 8.53. The summed E-state index contributed by atoms with van der Waals surface area (Å²) < 4.78 is 62.7. The van der Waals surface area contributed by atoms with Gasteiger partial charge in [-0.1, -0.05) is 19.9 Å². The second-order valence-electron chi connectivity index (χ2n) is 8.88. The third kappa shape index (κ3) is 10.7. The number of hydrogen-bond donors (Lipinski definition) is 2. The number of methoxy groups -OCH3 is 1. The molecule has 1 amide bonds. The van der Waals surface area contributed by atoms with E-state index >= 15 is 0 Å². The van der Waals surface area contributed by atoms with Gasteiger partial charge in [-0.3, -0.25) is 4.79 Å². The van der Waals surface area contributed by atoms with Gasteiger partial charge in [-0.25, -0.2) is 26.4 Å². The van der Waals surface area contributed by atoms with Crippen LogP contribution in [0, 0.1) is 5.92 Å². The predicted octanol–water partition coefficient (Wildman–Crippen LogP) is 1.45. The van der Waals surface area contributed by atoms with Gasteiger partial charge in [0.1, 0.15) is 12.1 Å². The molecular weight excluding hydrogens is 474 g/mol. The molecule has 0 aromatic heterocycles. The Morgan fingerprint density at radius 3 is 2.33 bits per heavy atom. The van der Waals surface area contributed by atoms with Gasteiger partial charge in [-0.05, 0) is 45.6 Å². The monoisotopic (exact) mass is 509 g/mol. The molecule has 0 radical (unpaired) electrons. The summed E-state index contributed by atoms with van der Waals surface area (Å²) in [7, 11) is -6.69. The number of ether oxygens (including phenoxy) is 2. The smallest absolute Gasteiger partial charge is 0.408 e. The third-order valence-electron chi connectivity index (χ3n) is 4.56. The van der Waals surface area contributed by atoms with Gasteiger partial charge in [0.15, 0.2) is 0 Å². The van der Waals surface area contributed by atoms with Crippen molar-refractivity contribution >= 4 is 32.1 Å². The minimum atomic E-state index is -3.94. The molecule has 2 atom stereocenters. The van der Waals surface area contributed by atoms with Crippen molar-refractivity contribution < 1.29 is 35.9 Å². The Kier molecular flexibility index (Phi) is 10.5. The van der Waals surface area contributed by atoms with E-state index in [9.17, 15) is 26.4 Å². The van der Waals surface area contributed by atoms with Crippen molar-refractivity contribution in [1.29, 1.82) is 0 Å². The van der Waals surface area contributed by atoms with E-state index in [1.54, 1.807) is 20.8 Å². The van der Waals surface area contributed by atoms with Crippen molar-refractivity contribution in [2.75, 3.05) is 20.2 Å². The molecule has 11 nitrogen and oxygen atoms in total. The lowest BCUT2D eigenvalue weighted by atomic mass is 10.1. The minimum Gasteiger partial charge on any atom is -0.468 e. The average molecular weight is 510 g/mol. The van der Waals surface area contributed by atoms with Crippen LogP contribution >= 0.6 is 0 Å². The number of esters is 1. The Balaban J connectivity index is 2.91. The number of nitrogens with one attached hydrogen (secondary N) is 2. The first-order valence-corrected chi connectivity index (χ1v) is 13.6. The van der Waals surface area contributed by atoms with Crippen LogP contribution in [0.3, 0.4) is 0 Å². The Morgan fingerprint density at radius 2 is 1.79 bits per heavy atom. The summed E-state index contributed by atoms with van der Waals surface area (Å²) >= 11 is 0. The first-order chi connectivity index (χ1) is 15.1. The van der Waals surface area contributed by atoms with Gasteiger partial charge >= 0.3 is 12.1 Å². The van der Waals surface area contributed by atoms with Gasteiger partial charge in [0.25, 0.3) is 0 Å². The Hall–Kier alpha value is -1.96. The molecule has 0 spiro atoms. The van der Waals surface area contributed by atoms with Gasteiger partial charge in [0.05, 0.1) is 13.2 Å². The fourth-order valence-electron chi connectivity index (χ4n) is 2.89. The van der Waals surface area contributed by atoms with E-state index < -0.39 is 56.3 Å². The molecule has 0 bridgehead atoms. The van der Waals surface area contributed by atoms with Crippen LogP contribution in [0.1, 0.15) is 47.5 Å². The second-order valence-corrected chi connectivity index (χ2v) is 12.3. The summed E-state index contributed by atoms with van der Waals surface area (Å²) in [6.07, 6.45) is 3.01. The van der Waals surface area contributed by atoms with Crippen molar-refractivity contribution in [3.05, 3.63) is 23.0 Å². The molecule has 2 N–H and O–H groups in total. The number of carbonyl (C=O) groups is 2. The van der Waals surface area contributed by atoms with E-state index in [4.69, 9.17) is 4.74 Å². The topological polar surface area (TPSA) is 148 Å². The maximum atomic E-state index is 12.9. The van der Waals surface area contributed by atoms with E-state index in [-0.39, 0.29) is 12.5 Å². The summed E-state index contributed by atoms with van der Waals surface area (Å²) in [4.78, 5) is 23.2. The molecule has 1 saturated heterocycles. The van der Waals surface area contributed by atoms with Crippen LogP contribution in [0.15, 0.2) is 23.0 Å². The van der Waals surface area contributed by atoms with Crippen LogP contribution in [0.2, 0.25) is 0 Å². The normalized spacial score (nSPS) is 19.3. The average Bonchev–Trinajstić information content (AvgIpc) is 3.16. The summed E-state index contributed by atoms with van der Waals surface area (Å²) in [6, 6.07) is -1.25. The number of hydrogen-bond acceptors (Lipinski definition) is 8. The highest BCUT2D eigenvalue weighted by molar-refractivity contribution is 7.92. The van der Waals surface area contributed by atoms with Crippen molar-refractivity contribution in [1.82, 2.24) is 14.3 Å². The quantitative estimate of drug-likeness (QED) is 0.420. The molecule has 1 heterocycles. The van der Waals surface area contributed by atoms with Gasteiger partial charge in [-0.2, -0.15) is 4.31 Å². The lowest BCUT2D eigenvalue weighted by Gasteiger charge is -2.24. The fourth-order valence-corrected chi connectivity index (χ4v) is 5.16. The molecule has 13 heteroatoms. The van der Waals surface area contributed by atoms with Crippen LogP contribution < -0.4 is 10.0 Å². The summed E-state index contributed by atoms with van der Waals surface area (Å²) in [5, 5.41) is 4.52. The highest BCUT2D eigenvalue weighted by Crippen LogP contribution is 2.23. The predicted molar refractivity (Wildman–Crippen MR) is 124 cm³/mol. The SMILES string of the molecule is COC(=O)CNS(=O)(=O)/C=C/[C@@H]1CCCN1S(=O)(=O)/C=C/[C@@H](NC(=O)OC(C)(C)C)C(C)C. The molecule has 1 aliphatic heterocycles. The zero-order chi connectivity index (χ0) is 25.4. The van der Waals surface area contributed by atoms with Crippen LogP contribution in [0.5, 0.6) is 0 Å². The number of rotatable bonds is 10. The fraction of sp³-hybridized carbons (Fsp3) is 0.700. The number of carbonyl (C=O) groups excluding carboxylic acids is 2. The van der Waals surface area contributed by atoms with Gasteiger partial charge in [0, 0.05) is 23.4 Å².